The van der Waals surface area contributed by atoms with Crippen LogP contribution in [0.25, 0.3) is 27.8 Å². The van der Waals surface area contributed by atoms with E-state index in [1.807, 2.05) is 0 Å². The molecular formula is C20H17ClF2N8O2. The molecular weight excluding hydrogens is 458 g/mol. The topological polar surface area (TPSA) is 120 Å². The first-order chi connectivity index (χ1) is 15.8. The number of urea groups is 1. The average Bonchev–Trinajstić information content (AvgIpc) is 3.17. The normalized spacial score (nSPS) is 17.4. The Kier molecular flexibility index (Phi) is 4.89. The van der Waals surface area contributed by atoms with Gasteiger partial charge in [0, 0.05) is 31.2 Å². The van der Waals surface area contributed by atoms with E-state index in [0.29, 0.717) is 16.7 Å². The fourth-order valence-electron chi connectivity index (χ4n) is 3.68. The molecule has 33 heavy (non-hydrogen) atoms. The van der Waals surface area contributed by atoms with Crippen LogP contribution in [0.15, 0.2) is 24.8 Å². The third-order valence-electron chi connectivity index (χ3n) is 5.52. The molecule has 0 saturated heterocycles. The second kappa shape index (κ2) is 7.66. The summed E-state index contributed by atoms with van der Waals surface area (Å²) in [4.78, 5) is 33.8. The number of halogens is 3. The van der Waals surface area contributed by atoms with Gasteiger partial charge in [0.25, 0.3) is 0 Å². The molecule has 170 valence electrons. The second-order valence-corrected chi connectivity index (χ2v) is 8.01. The highest BCUT2D eigenvalue weighted by molar-refractivity contribution is 6.36. The molecule has 1 aromatic carbocycles. The quantitative estimate of drug-likeness (QED) is 0.419. The zero-order chi connectivity index (χ0) is 23.4. The number of hydrogen-bond acceptors (Lipinski definition) is 5. The van der Waals surface area contributed by atoms with Crippen molar-refractivity contribution < 1.29 is 18.4 Å². The van der Waals surface area contributed by atoms with Crippen LogP contribution in [0.2, 0.25) is 5.02 Å². The van der Waals surface area contributed by atoms with Crippen molar-refractivity contribution in [2.45, 2.75) is 12.6 Å². The van der Waals surface area contributed by atoms with E-state index in [1.54, 1.807) is 16.8 Å². The summed E-state index contributed by atoms with van der Waals surface area (Å²) in [5.41, 5.74) is 1.21. The number of amides is 3. The average molecular weight is 475 g/mol. The largest absolute Gasteiger partial charge is 0.341 e. The zero-order valence-corrected chi connectivity index (χ0v) is 18.1. The maximum absolute atomic E-state index is 15.4. The Labute approximate surface area is 189 Å². The predicted octanol–water partition coefficient (Wildman–Crippen LogP) is 3.14. The molecule has 1 saturated carbocycles. The van der Waals surface area contributed by atoms with Crippen LogP contribution >= 0.6 is 11.6 Å². The second-order valence-electron chi connectivity index (χ2n) is 7.64. The van der Waals surface area contributed by atoms with Gasteiger partial charge in [0.1, 0.15) is 11.9 Å². The highest BCUT2D eigenvalue weighted by atomic mass is 35.5. The molecule has 5 rings (SSSR count). The number of carbonyl (C=O) groups excluding carboxylic acids is 2. The van der Waals surface area contributed by atoms with Crippen molar-refractivity contribution in [3.63, 3.8) is 0 Å². The van der Waals surface area contributed by atoms with Crippen molar-refractivity contribution in [1.82, 2.24) is 29.9 Å². The van der Waals surface area contributed by atoms with Gasteiger partial charge in [-0.3, -0.25) is 19.8 Å². The van der Waals surface area contributed by atoms with Gasteiger partial charge in [-0.1, -0.05) is 11.6 Å². The summed E-state index contributed by atoms with van der Waals surface area (Å²) in [6.45, 7) is 0. The van der Waals surface area contributed by atoms with E-state index in [-0.39, 0.29) is 34.0 Å². The van der Waals surface area contributed by atoms with Crippen molar-refractivity contribution >= 4 is 51.6 Å². The van der Waals surface area contributed by atoms with Gasteiger partial charge in [-0.05, 0) is 6.42 Å². The van der Waals surface area contributed by atoms with Crippen LogP contribution in [0.1, 0.15) is 6.42 Å². The summed E-state index contributed by atoms with van der Waals surface area (Å²) in [6, 6.07) is -0.536. The number of imidazole rings is 1. The molecule has 3 aromatic heterocycles. The Hall–Kier alpha value is -3.80. The summed E-state index contributed by atoms with van der Waals surface area (Å²) >= 11 is 6.41. The van der Waals surface area contributed by atoms with Gasteiger partial charge >= 0.3 is 6.03 Å². The van der Waals surface area contributed by atoms with E-state index in [2.05, 4.69) is 30.8 Å². The van der Waals surface area contributed by atoms with Crippen LogP contribution in [-0.4, -0.2) is 56.8 Å². The highest BCUT2D eigenvalue weighted by Crippen LogP contribution is 2.42. The Morgan fingerprint density at radius 3 is 2.79 bits per heavy atom. The molecule has 10 nitrogen and oxygen atoms in total. The van der Waals surface area contributed by atoms with Gasteiger partial charge < -0.3 is 15.0 Å². The third-order valence-corrected chi connectivity index (χ3v) is 5.87. The molecule has 2 atom stereocenters. The molecule has 0 radical (unpaired) electrons. The van der Waals surface area contributed by atoms with Crippen LogP contribution in [-0.2, 0) is 4.79 Å². The van der Waals surface area contributed by atoms with E-state index >= 15 is 4.39 Å². The van der Waals surface area contributed by atoms with Crippen molar-refractivity contribution in [3.05, 3.63) is 35.6 Å². The molecule has 4 aromatic rings. The number of carbonyl (C=O) groups is 2. The fourth-order valence-corrected chi connectivity index (χ4v) is 3.96. The van der Waals surface area contributed by atoms with Crippen LogP contribution in [0, 0.1) is 11.7 Å². The van der Waals surface area contributed by atoms with Gasteiger partial charge in [0.15, 0.2) is 17.3 Å². The summed E-state index contributed by atoms with van der Waals surface area (Å²) in [7, 11) is 2.84. The molecule has 0 unspecified atom stereocenters. The number of anilines is 2. The molecule has 0 spiro atoms. The Morgan fingerprint density at radius 1 is 1.33 bits per heavy atom. The molecule has 0 bridgehead atoms. The number of nitrogens with zero attached hydrogens (tertiary/aromatic N) is 5. The predicted molar refractivity (Wildman–Crippen MR) is 118 cm³/mol. The smallest absolute Gasteiger partial charge is 0.321 e. The number of aromatic nitrogens is 5. The van der Waals surface area contributed by atoms with Crippen LogP contribution in [0.4, 0.5) is 25.1 Å². The molecule has 0 aliphatic heterocycles. The van der Waals surface area contributed by atoms with E-state index < -0.39 is 29.8 Å². The van der Waals surface area contributed by atoms with Crippen molar-refractivity contribution in [3.8, 4) is 11.3 Å². The van der Waals surface area contributed by atoms with Crippen LogP contribution in [0.5, 0.6) is 0 Å². The van der Waals surface area contributed by atoms with Crippen molar-refractivity contribution in [2.75, 3.05) is 24.3 Å². The molecule has 3 N–H and O–H groups in total. The first-order valence-corrected chi connectivity index (χ1v) is 10.3. The number of nitrogens with one attached hydrogen (secondary N) is 3. The van der Waals surface area contributed by atoms with E-state index in [9.17, 15) is 14.0 Å². The number of benzene rings is 1. The standard InChI is InChI=1S/C20H17ClF2N8O2/c1-24-20(33)30(2)18-16(23)15(21)14(9-4-26-29-17(9)18)11-6-31-7-12(27-13(31)5-25-11)28-19(32)8-3-10(8)22/h4-8,10H,3H2,1-2H3,(H,24,33)(H,26,29)(H,28,32)/t8-,10+/m1/s1. The maximum atomic E-state index is 15.4. The molecule has 1 fully saturated rings. The summed E-state index contributed by atoms with van der Waals surface area (Å²) < 4.78 is 30.1. The SMILES string of the molecule is CNC(=O)N(C)c1c(F)c(Cl)c(-c2cn3cc(NC(=O)[C@@H]4C[C@@H]4F)nc3cn2)c2cn[nH]c12. The van der Waals surface area contributed by atoms with Gasteiger partial charge in [-0.15, -0.1) is 0 Å². The minimum Gasteiger partial charge on any atom is -0.341 e. The molecule has 13 heteroatoms. The van der Waals surface area contributed by atoms with Crippen molar-refractivity contribution in [2.24, 2.45) is 5.92 Å². The minimum absolute atomic E-state index is 0.0597. The van der Waals surface area contributed by atoms with Gasteiger partial charge in [0.2, 0.25) is 5.91 Å². The van der Waals surface area contributed by atoms with Gasteiger partial charge in [-0.2, -0.15) is 5.10 Å². The van der Waals surface area contributed by atoms with Crippen LogP contribution in [0.3, 0.4) is 0 Å². The number of rotatable bonds is 4. The van der Waals surface area contributed by atoms with Gasteiger partial charge in [-0.25, -0.2) is 18.6 Å². The number of alkyl halides is 1. The van der Waals surface area contributed by atoms with Crippen LogP contribution < -0.4 is 15.5 Å². The maximum Gasteiger partial charge on any atom is 0.321 e. The van der Waals surface area contributed by atoms with E-state index in [0.717, 1.165) is 4.90 Å². The number of fused-ring (bicyclic) bond motifs is 2. The zero-order valence-electron chi connectivity index (χ0n) is 17.4. The number of hydrogen-bond donors (Lipinski definition) is 3. The van der Waals surface area contributed by atoms with Crippen molar-refractivity contribution in [1.29, 1.82) is 0 Å². The number of H-pyrrole nitrogens is 1. The minimum atomic E-state index is -1.12. The lowest BCUT2D eigenvalue weighted by atomic mass is 10.0. The van der Waals surface area contributed by atoms with E-state index in [4.69, 9.17) is 11.6 Å². The summed E-state index contributed by atoms with van der Waals surface area (Å²) in [5.74, 6) is -1.65. The Balaban J connectivity index is 1.58. The molecule has 3 heterocycles. The summed E-state index contributed by atoms with van der Waals surface area (Å²) in [5, 5.41) is 11.9. The fraction of sp³-hybridized carbons (Fsp3) is 0.250. The van der Waals surface area contributed by atoms with Gasteiger partial charge in [0.05, 0.1) is 40.7 Å². The number of aromatic amines is 1. The van der Waals surface area contributed by atoms with E-state index in [1.165, 1.54) is 26.5 Å². The lowest BCUT2D eigenvalue weighted by Crippen LogP contribution is -2.35. The Bertz CT molecular complexity index is 1430. The molecule has 1 aliphatic carbocycles. The third kappa shape index (κ3) is 3.42. The molecule has 3 amide bonds. The monoisotopic (exact) mass is 474 g/mol. The highest BCUT2D eigenvalue weighted by Gasteiger charge is 2.43. The Morgan fingerprint density at radius 2 is 2.09 bits per heavy atom. The lowest BCUT2D eigenvalue weighted by molar-refractivity contribution is -0.117. The summed E-state index contributed by atoms with van der Waals surface area (Å²) in [6.07, 6.45) is 5.10. The first kappa shape index (κ1) is 21.1. The lowest BCUT2D eigenvalue weighted by Gasteiger charge is -2.20. The molecule has 1 aliphatic rings. The first-order valence-electron chi connectivity index (χ1n) is 9.89.